The standard InChI is InChI=1S/C22H20O6/c1-11(2)12-7-13(8-12)27-19(24)10-17(23)18-9-16-20(25)14-5-3-4-6-15(14)21(26)22(16)28-18/h3-6,9,11-13H,7-8,10H2,1-2H3. The summed E-state index contributed by atoms with van der Waals surface area (Å²) in [5, 5.41) is 0. The van der Waals surface area contributed by atoms with Gasteiger partial charge in [-0.3, -0.25) is 19.2 Å². The summed E-state index contributed by atoms with van der Waals surface area (Å²) in [5.41, 5.74) is 0.584. The topological polar surface area (TPSA) is 90.7 Å². The van der Waals surface area contributed by atoms with Gasteiger partial charge in [-0.2, -0.15) is 0 Å². The number of carbonyl (C=O) groups is 4. The predicted molar refractivity (Wildman–Crippen MR) is 98.4 cm³/mol. The summed E-state index contributed by atoms with van der Waals surface area (Å²) >= 11 is 0. The van der Waals surface area contributed by atoms with Crippen LogP contribution in [0.2, 0.25) is 0 Å². The quantitative estimate of drug-likeness (QED) is 0.382. The lowest BCUT2D eigenvalue weighted by Crippen LogP contribution is -2.36. The van der Waals surface area contributed by atoms with Crippen LogP contribution in [0, 0.1) is 11.8 Å². The molecule has 0 atom stereocenters. The van der Waals surface area contributed by atoms with E-state index in [4.69, 9.17) is 9.15 Å². The highest BCUT2D eigenvalue weighted by molar-refractivity contribution is 6.28. The minimum atomic E-state index is -0.618. The van der Waals surface area contributed by atoms with Crippen molar-refractivity contribution in [1.29, 1.82) is 0 Å². The van der Waals surface area contributed by atoms with Crippen molar-refractivity contribution in [2.75, 3.05) is 0 Å². The molecule has 2 aliphatic carbocycles. The van der Waals surface area contributed by atoms with Gasteiger partial charge in [0, 0.05) is 11.1 Å². The van der Waals surface area contributed by atoms with Crippen molar-refractivity contribution in [1.82, 2.24) is 0 Å². The Kier molecular flexibility index (Phi) is 4.49. The first kappa shape index (κ1) is 18.3. The second-order valence-electron chi connectivity index (χ2n) is 7.74. The third-order valence-corrected chi connectivity index (χ3v) is 5.55. The fourth-order valence-electron chi connectivity index (χ4n) is 3.70. The minimum absolute atomic E-state index is 0.0548. The Bertz CT molecular complexity index is 938. The molecule has 6 heteroatoms. The lowest BCUT2D eigenvalue weighted by molar-refractivity contribution is -0.155. The van der Waals surface area contributed by atoms with Crippen LogP contribution in [0.5, 0.6) is 0 Å². The summed E-state index contributed by atoms with van der Waals surface area (Å²) in [7, 11) is 0. The summed E-state index contributed by atoms with van der Waals surface area (Å²) in [6.45, 7) is 4.26. The largest absolute Gasteiger partial charge is 0.462 e. The van der Waals surface area contributed by atoms with Gasteiger partial charge in [-0.05, 0) is 30.7 Å². The van der Waals surface area contributed by atoms with Crippen LogP contribution in [0.15, 0.2) is 34.7 Å². The third-order valence-electron chi connectivity index (χ3n) is 5.55. The average molecular weight is 380 g/mol. The molecular weight excluding hydrogens is 360 g/mol. The van der Waals surface area contributed by atoms with E-state index in [2.05, 4.69) is 13.8 Å². The maximum atomic E-state index is 12.6. The summed E-state index contributed by atoms with van der Waals surface area (Å²) in [6, 6.07) is 7.68. The molecule has 2 aromatic rings. The highest BCUT2D eigenvalue weighted by Gasteiger charge is 2.36. The molecule has 28 heavy (non-hydrogen) atoms. The van der Waals surface area contributed by atoms with E-state index in [0.29, 0.717) is 11.8 Å². The maximum absolute atomic E-state index is 12.6. The molecule has 1 heterocycles. The number of benzene rings is 1. The number of furan rings is 1. The Morgan fingerprint density at radius 2 is 1.71 bits per heavy atom. The zero-order valence-electron chi connectivity index (χ0n) is 15.7. The van der Waals surface area contributed by atoms with Crippen LogP contribution in [0.4, 0.5) is 0 Å². The second kappa shape index (κ2) is 6.86. The van der Waals surface area contributed by atoms with Crippen LogP contribution in [0.25, 0.3) is 0 Å². The van der Waals surface area contributed by atoms with Crippen LogP contribution in [0.1, 0.15) is 75.7 Å². The van der Waals surface area contributed by atoms with Gasteiger partial charge in [-0.1, -0.05) is 38.1 Å². The van der Waals surface area contributed by atoms with E-state index in [9.17, 15) is 19.2 Å². The zero-order chi connectivity index (χ0) is 20.0. The van der Waals surface area contributed by atoms with Crippen molar-refractivity contribution in [3.63, 3.8) is 0 Å². The van der Waals surface area contributed by atoms with Gasteiger partial charge >= 0.3 is 5.97 Å². The summed E-state index contributed by atoms with van der Waals surface area (Å²) in [6.07, 6.45) is 1.00. The molecule has 1 aromatic heterocycles. The minimum Gasteiger partial charge on any atom is -0.462 e. The Morgan fingerprint density at radius 1 is 1.07 bits per heavy atom. The lowest BCUT2D eigenvalue weighted by atomic mass is 9.75. The van der Waals surface area contributed by atoms with E-state index < -0.39 is 24.0 Å². The Labute approximate surface area is 161 Å². The molecule has 0 spiro atoms. The Morgan fingerprint density at radius 3 is 2.36 bits per heavy atom. The number of ketones is 3. The highest BCUT2D eigenvalue weighted by atomic mass is 16.5. The molecule has 0 saturated heterocycles. The molecule has 144 valence electrons. The van der Waals surface area contributed by atoms with Crippen molar-refractivity contribution in [2.45, 2.75) is 39.2 Å². The molecule has 0 unspecified atom stereocenters. The van der Waals surface area contributed by atoms with Crippen LogP contribution in [0.3, 0.4) is 0 Å². The van der Waals surface area contributed by atoms with Gasteiger partial charge in [0.2, 0.25) is 11.6 Å². The van der Waals surface area contributed by atoms with Gasteiger partial charge in [0.1, 0.15) is 12.5 Å². The molecule has 0 aliphatic heterocycles. The van der Waals surface area contributed by atoms with E-state index in [1.165, 1.54) is 6.07 Å². The molecule has 2 aliphatic rings. The number of esters is 1. The molecule has 0 amide bonds. The maximum Gasteiger partial charge on any atom is 0.314 e. The first-order chi connectivity index (χ1) is 13.3. The van der Waals surface area contributed by atoms with Crippen molar-refractivity contribution in [2.24, 2.45) is 11.8 Å². The van der Waals surface area contributed by atoms with Crippen LogP contribution in [-0.4, -0.2) is 29.4 Å². The van der Waals surface area contributed by atoms with Crippen molar-refractivity contribution in [3.05, 3.63) is 58.5 Å². The fourth-order valence-corrected chi connectivity index (χ4v) is 3.70. The van der Waals surface area contributed by atoms with Gasteiger partial charge in [0.05, 0.1) is 5.56 Å². The van der Waals surface area contributed by atoms with Crippen LogP contribution < -0.4 is 0 Å². The molecule has 1 saturated carbocycles. The highest BCUT2D eigenvalue weighted by Crippen LogP contribution is 2.36. The number of carbonyl (C=O) groups excluding carboxylic acids is 4. The van der Waals surface area contributed by atoms with Crippen molar-refractivity contribution >= 4 is 23.3 Å². The van der Waals surface area contributed by atoms with E-state index in [1.54, 1.807) is 24.3 Å². The van der Waals surface area contributed by atoms with Crippen LogP contribution in [-0.2, 0) is 9.53 Å². The predicted octanol–water partition coefficient (Wildman–Crippen LogP) is 3.61. The molecule has 1 fully saturated rings. The van der Waals surface area contributed by atoms with E-state index >= 15 is 0 Å². The number of fused-ring (bicyclic) bond motifs is 2. The molecule has 0 radical (unpaired) electrons. The van der Waals surface area contributed by atoms with Gasteiger partial charge < -0.3 is 9.15 Å². The van der Waals surface area contributed by atoms with Crippen molar-refractivity contribution < 1.29 is 28.3 Å². The summed E-state index contributed by atoms with van der Waals surface area (Å²) in [5.74, 6) is -1.28. The second-order valence-corrected chi connectivity index (χ2v) is 7.74. The number of rotatable bonds is 5. The molecule has 6 nitrogen and oxygen atoms in total. The van der Waals surface area contributed by atoms with Crippen LogP contribution >= 0.6 is 0 Å². The Hall–Kier alpha value is -3.02. The third kappa shape index (κ3) is 3.09. The fraction of sp³-hybridized carbons (Fsp3) is 0.364. The SMILES string of the molecule is CC(C)C1CC(OC(=O)CC(=O)c2cc3c(o2)C(=O)c2ccccc2C3=O)C1. The number of hydrogen-bond donors (Lipinski definition) is 0. The van der Waals surface area contributed by atoms with E-state index in [-0.39, 0.29) is 40.1 Å². The van der Waals surface area contributed by atoms with Gasteiger partial charge in [-0.15, -0.1) is 0 Å². The molecule has 1 aromatic carbocycles. The number of hydrogen-bond acceptors (Lipinski definition) is 6. The van der Waals surface area contributed by atoms with Gasteiger partial charge in [-0.25, -0.2) is 0 Å². The normalized spacial score (nSPS) is 20.4. The average Bonchev–Trinajstić information content (AvgIpc) is 3.08. The van der Waals surface area contributed by atoms with E-state index in [0.717, 1.165) is 12.8 Å². The first-order valence-corrected chi connectivity index (χ1v) is 9.40. The number of Topliss-reactive ketones (excluding diaryl/α,β-unsaturated/α-hetero) is 1. The molecule has 0 bridgehead atoms. The Balaban J connectivity index is 1.45. The molecular formula is C22H20O6. The molecule has 0 N–H and O–H groups in total. The lowest BCUT2D eigenvalue weighted by Gasteiger charge is -2.37. The number of ether oxygens (including phenoxy) is 1. The molecule has 4 rings (SSSR count). The smallest absolute Gasteiger partial charge is 0.314 e. The van der Waals surface area contributed by atoms with Gasteiger partial charge in [0.15, 0.2) is 17.3 Å². The zero-order valence-corrected chi connectivity index (χ0v) is 15.7. The van der Waals surface area contributed by atoms with Gasteiger partial charge in [0.25, 0.3) is 0 Å². The summed E-state index contributed by atoms with van der Waals surface area (Å²) in [4.78, 5) is 49.6. The monoisotopic (exact) mass is 380 g/mol. The summed E-state index contributed by atoms with van der Waals surface area (Å²) < 4.78 is 10.7. The van der Waals surface area contributed by atoms with E-state index in [1.807, 2.05) is 0 Å². The van der Waals surface area contributed by atoms with Crippen molar-refractivity contribution in [3.8, 4) is 0 Å². The first-order valence-electron chi connectivity index (χ1n) is 9.40.